The second-order valence-electron chi connectivity index (χ2n) is 6.67. The summed E-state index contributed by atoms with van der Waals surface area (Å²) < 4.78 is 0. The fraction of sp³-hybridized carbons (Fsp3) is 0.500. The minimum atomic E-state index is -0.905. The van der Waals surface area contributed by atoms with E-state index < -0.39 is 17.8 Å². The van der Waals surface area contributed by atoms with Crippen LogP contribution in [-0.2, 0) is 16.1 Å². The van der Waals surface area contributed by atoms with Gasteiger partial charge in [-0.2, -0.15) is 0 Å². The van der Waals surface area contributed by atoms with E-state index in [-0.39, 0.29) is 11.9 Å². The summed E-state index contributed by atoms with van der Waals surface area (Å²) in [5.74, 6) is -2.12. The number of likely N-dealkylation sites (tertiary alicyclic amines) is 1. The highest BCUT2D eigenvalue weighted by molar-refractivity contribution is 5.89. The number of nitrogens with one attached hydrogen (secondary N) is 2. The van der Waals surface area contributed by atoms with Crippen LogP contribution in [0.5, 0.6) is 0 Å². The molecule has 1 saturated heterocycles. The van der Waals surface area contributed by atoms with Crippen molar-refractivity contribution in [2.24, 2.45) is 11.8 Å². The van der Waals surface area contributed by atoms with Crippen molar-refractivity contribution < 1.29 is 19.5 Å². The number of hydrogen-bond donors (Lipinski definition) is 3. The lowest BCUT2D eigenvalue weighted by Gasteiger charge is -2.31. The number of amides is 3. The van der Waals surface area contributed by atoms with Gasteiger partial charge in [0.15, 0.2) is 0 Å². The normalized spacial score (nSPS) is 22.2. The average molecular weight is 345 g/mol. The number of carbonyl (C=O) groups is 3. The monoisotopic (exact) mass is 345 g/mol. The maximum atomic E-state index is 12.1. The van der Waals surface area contributed by atoms with Gasteiger partial charge in [-0.15, -0.1) is 0 Å². The Morgan fingerprint density at radius 3 is 2.48 bits per heavy atom. The van der Waals surface area contributed by atoms with Crippen LogP contribution in [0.1, 0.15) is 31.2 Å². The molecule has 1 heterocycles. The SMILES string of the molecule is O=C(O)C1CCC1C(=O)NCc1cccc(NC(=O)N2CCCC2)c1. The summed E-state index contributed by atoms with van der Waals surface area (Å²) >= 11 is 0. The second kappa shape index (κ2) is 7.55. The highest BCUT2D eigenvalue weighted by Crippen LogP contribution is 2.34. The van der Waals surface area contributed by atoms with E-state index in [0.29, 0.717) is 25.1 Å². The highest BCUT2D eigenvalue weighted by atomic mass is 16.4. The minimum absolute atomic E-state index is 0.0996. The summed E-state index contributed by atoms with van der Waals surface area (Å²) in [6, 6.07) is 7.22. The predicted molar refractivity (Wildman–Crippen MR) is 92.0 cm³/mol. The molecule has 7 nitrogen and oxygen atoms in total. The molecule has 2 aliphatic rings. The first kappa shape index (κ1) is 17.3. The zero-order valence-corrected chi connectivity index (χ0v) is 14.0. The molecule has 1 aliphatic carbocycles. The van der Waals surface area contributed by atoms with Crippen LogP contribution in [0.3, 0.4) is 0 Å². The van der Waals surface area contributed by atoms with Crippen LogP contribution in [0.15, 0.2) is 24.3 Å². The summed E-state index contributed by atoms with van der Waals surface area (Å²) in [7, 11) is 0. The number of aliphatic carboxylic acids is 1. The Morgan fingerprint density at radius 2 is 1.84 bits per heavy atom. The third kappa shape index (κ3) is 4.10. The van der Waals surface area contributed by atoms with Gasteiger partial charge in [0.05, 0.1) is 11.8 Å². The van der Waals surface area contributed by atoms with Crippen LogP contribution in [0.25, 0.3) is 0 Å². The van der Waals surface area contributed by atoms with Gasteiger partial charge in [-0.25, -0.2) is 4.79 Å². The number of urea groups is 1. The number of benzene rings is 1. The molecule has 134 valence electrons. The number of hydrogen-bond acceptors (Lipinski definition) is 3. The average Bonchev–Trinajstić information content (AvgIpc) is 3.06. The van der Waals surface area contributed by atoms with Crippen LogP contribution >= 0.6 is 0 Å². The Hall–Kier alpha value is -2.57. The Morgan fingerprint density at radius 1 is 1.12 bits per heavy atom. The number of carboxylic acids is 1. The molecule has 2 unspecified atom stereocenters. The molecule has 2 fully saturated rings. The van der Waals surface area contributed by atoms with Crippen molar-refractivity contribution in [1.29, 1.82) is 0 Å². The summed E-state index contributed by atoms with van der Waals surface area (Å²) in [6.45, 7) is 1.89. The molecule has 0 aromatic heterocycles. The molecule has 0 bridgehead atoms. The quantitative estimate of drug-likeness (QED) is 0.760. The molecule has 25 heavy (non-hydrogen) atoms. The Balaban J connectivity index is 1.52. The van der Waals surface area contributed by atoms with E-state index in [1.807, 2.05) is 24.3 Å². The van der Waals surface area contributed by atoms with Crippen molar-refractivity contribution >= 4 is 23.6 Å². The first-order chi connectivity index (χ1) is 12.0. The molecule has 1 aromatic rings. The number of carboxylic acid groups (broad SMARTS) is 1. The zero-order valence-electron chi connectivity index (χ0n) is 14.0. The fourth-order valence-electron chi connectivity index (χ4n) is 3.31. The van der Waals surface area contributed by atoms with Crippen molar-refractivity contribution in [3.05, 3.63) is 29.8 Å². The molecule has 1 saturated carbocycles. The third-order valence-corrected chi connectivity index (χ3v) is 4.97. The van der Waals surface area contributed by atoms with Gasteiger partial charge in [0.1, 0.15) is 0 Å². The number of carbonyl (C=O) groups excluding carboxylic acids is 2. The van der Waals surface area contributed by atoms with E-state index in [2.05, 4.69) is 10.6 Å². The van der Waals surface area contributed by atoms with E-state index in [1.54, 1.807) is 4.90 Å². The molecule has 2 atom stereocenters. The van der Waals surface area contributed by atoms with Crippen molar-refractivity contribution in [3.63, 3.8) is 0 Å². The second-order valence-corrected chi connectivity index (χ2v) is 6.67. The van der Waals surface area contributed by atoms with Gasteiger partial charge in [0.25, 0.3) is 0 Å². The number of rotatable bonds is 5. The molecule has 3 rings (SSSR count). The summed E-state index contributed by atoms with van der Waals surface area (Å²) in [6.07, 6.45) is 3.26. The molecule has 1 aliphatic heterocycles. The van der Waals surface area contributed by atoms with Crippen LogP contribution in [0, 0.1) is 11.8 Å². The van der Waals surface area contributed by atoms with E-state index in [9.17, 15) is 14.4 Å². The van der Waals surface area contributed by atoms with Gasteiger partial charge in [-0.3, -0.25) is 9.59 Å². The van der Waals surface area contributed by atoms with Crippen LogP contribution < -0.4 is 10.6 Å². The van der Waals surface area contributed by atoms with E-state index in [1.165, 1.54) is 0 Å². The zero-order chi connectivity index (χ0) is 17.8. The topological polar surface area (TPSA) is 98.7 Å². The molecular formula is C18H23N3O4. The Kier molecular flexibility index (Phi) is 5.21. The molecule has 7 heteroatoms. The lowest BCUT2D eigenvalue weighted by molar-refractivity contribution is -0.152. The van der Waals surface area contributed by atoms with Crippen LogP contribution in [-0.4, -0.2) is 41.0 Å². The van der Waals surface area contributed by atoms with Gasteiger partial charge >= 0.3 is 12.0 Å². The first-order valence-electron chi connectivity index (χ1n) is 8.70. The number of nitrogens with zero attached hydrogens (tertiary/aromatic N) is 1. The van der Waals surface area contributed by atoms with Gasteiger partial charge < -0.3 is 20.6 Å². The predicted octanol–water partition coefficient (Wildman–Crippen LogP) is 2.04. The molecule has 1 aromatic carbocycles. The standard InChI is InChI=1S/C18H23N3O4/c22-16(14-6-7-15(14)17(23)24)19-11-12-4-3-5-13(10-12)20-18(25)21-8-1-2-9-21/h3-5,10,14-15H,1-2,6-9,11H2,(H,19,22)(H,20,25)(H,23,24). The summed E-state index contributed by atoms with van der Waals surface area (Å²) in [4.78, 5) is 37.0. The van der Waals surface area contributed by atoms with Crippen LogP contribution in [0.2, 0.25) is 0 Å². The smallest absolute Gasteiger partial charge is 0.321 e. The maximum absolute atomic E-state index is 12.1. The summed E-state index contributed by atoms with van der Waals surface area (Å²) in [5.41, 5.74) is 1.55. The lowest BCUT2D eigenvalue weighted by atomic mass is 9.73. The Bertz CT molecular complexity index is 670. The number of anilines is 1. The van der Waals surface area contributed by atoms with Crippen molar-refractivity contribution in [3.8, 4) is 0 Å². The van der Waals surface area contributed by atoms with E-state index >= 15 is 0 Å². The van der Waals surface area contributed by atoms with Gasteiger partial charge in [-0.05, 0) is 43.4 Å². The summed E-state index contributed by atoms with van der Waals surface area (Å²) in [5, 5.41) is 14.7. The fourth-order valence-corrected chi connectivity index (χ4v) is 3.31. The first-order valence-corrected chi connectivity index (χ1v) is 8.70. The lowest BCUT2D eigenvalue weighted by Crippen LogP contribution is -2.43. The van der Waals surface area contributed by atoms with Gasteiger partial charge in [-0.1, -0.05) is 12.1 Å². The molecular weight excluding hydrogens is 322 g/mol. The van der Waals surface area contributed by atoms with Crippen molar-refractivity contribution in [1.82, 2.24) is 10.2 Å². The van der Waals surface area contributed by atoms with Crippen molar-refractivity contribution in [2.45, 2.75) is 32.2 Å². The minimum Gasteiger partial charge on any atom is -0.481 e. The molecule has 0 spiro atoms. The van der Waals surface area contributed by atoms with Gasteiger partial charge in [0.2, 0.25) is 5.91 Å². The highest BCUT2D eigenvalue weighted by Gasteiger charge is 2.41. The van der Waals surface area contributed by atoms with Gasteiger partial charge in [0, 0.05) is 25.3 Å². The molecule has 3 amide bonds. The van der Waals surface area contributed by atoms with E-state index in [4.69, 9.17) is 5.11 Å². The Labute approximate surface area is 146 Å². The maximum Gasteiger partial charge on any atom is 0.321 e. The molecule has 0 radical (unpaired) electrons. The largest absolute Gasteiger partial charge is 0.481 e. The van der Waals surface area contributed by atoms with E-state index in [0.717, 1.165) is 31.5 Å². The van der Waals surface area contributed by atoms with Crippen LogP contribution in [0.4, 0.5) is 10.5 Å². The molecule has 3 N–H and O–H groups in total. The van der Waals surface area contributed by atoms with Crippen molar-refractivity contribution in [2.75, 3.05) is 18.4 Å². The third-order valence-electron chi connectivity index (χ3n) is 4.97.